The van der Waals surface area contributed by atoms with E-state index in [4.69, 9.17) is 57.4 Å². The fourth-order valence-corrected chi connectivity index (χ4v) is 6.09. The number of rotatable bonds is 5. The van der Waals surface area contributed by atoms with Crippen molar-refractivity contribution in [2.45, 2.75) is 22.6 Å². The number of benzene rings is 3. The van der Waals surface area contributed by atoms with Gasteiger partial charge in [-0.2, -0.15) is 5.26 Å². The fourth-order valence-electron chi connectivity index (χ4n) is 4.46. The van der Waals surface area contributed by atoms with E-state index >= 15 is 0 Å². The molecule has 1 aliphatic carbocycles. The largest absolute Gasteiger partial charge is 0.369 e. The van der Waals surface area contributed by atoms with E-state index in [1.807, 2.05) is 6.07 Å². The van der Waals surface area contributed by atoms with Crippen LogP contribution in [0.3, 0.4) is 0 Å². The smallest absolute Gasteiger partial charge is 0.256 e. The summed E-state index contributed by atoms with van der Waals surface area (Å²) in [7, 11) is 0. The molecule has 0 spiro atoms. The molecule has 4 rings (SSSR count). The maximum Gasteiger partial charge on any atom is 0.256 e. The molecular formula is C25H16Cl4FN3O2. The molecule has 10 heteroatoms. The highest BCUT2D eigenvalue weighted by Gasteiger charge is 2.80. The van der Waals surface area contributed by atoms with Crippen molar-refractivity contribution >= 4 is 63.9 Å². The Bertz CT molecular complexity index is 1420. The van der Waals surface area contributed by atoms with Crippen LogP contribution in [0.4, 0.5) is 10.1 Å². The van der Waals surface area contributed by atoms with E-state index in [-0.39, 0.29) is 16.8 Å². The van der Waals surface area contributed by atoms with Gasteiger partial charge in [-0.25, -0.2) is 4.39 Å². The van der Waals surface area contributed by atoms with Crippen LogP contribution < -0.4 is 11.1 Å². The normalized spacial score (nSPS) is 20.1. The lowest BCUT2D eigenvalue weighted by atomic mass is 9.89. The van der Waals surface area contributed by atoms with Gasteiger partial charge in [-0.3, -0.25) is 9.59 Å². The highest BCUT2D eigenvalue weighted by atomic mass is 35.5. The predicted octanol–water partition coefficient (Wildman–Crippen LogP) is 6.26. The number of hydrogen-bond donors (Lipinski definition) is 2. The summed E-state index contributed by atoms with van der Waals surface area (Å²) in [6, 6.07) is 14.9. The molecule has 0 radical (unpaired) electrons. The summed E-state index contributed by atoms with van der Waals surface area (Å²) in [5, 5.41) is 12.2. The molecular weight excluding hydrogens is 535 g/mol. The second kappa shape index (κ2) is 9.00. The Labute approximate surface area is 220 Å². The van der Waals surface area contributed by atoms with E-state index in [0.717, 1.165) is 6.07 Å². The van der Waals surface area contributed by atoms with Crippen molar-refractivity contribution in [1.29, 1.82) is 5.26 Å². The summed E-state index contributed by atoms with van der Waals surface area (Å²) in [6.45, 7) is 1.66. The average molecular weight is 551 g/mol. The zero-order valence-electron chi connectivity index (χ0n) is 18.0. The Kier molecular flexibility index (Phi) is 6.50. The van der Waals surface area contributed by atoms with Crippen LogP contribution in [-0.4, -0.2) is 16.1 Å². The standard InChI is InChI=1S/C25H16Cl4FN3O2/c1-12-6-13(11-31)2-4-18(12)22(34)33-20-9-15(3-5-19(20)30)24(23(32)35)21(25(24,28)29)14-7-16(26)10-17(27)8-14/h2-10,21H,1H3,(H2,32,35)(H,33,34). The predicted molar refractivity (Wildman–Crippen MR) is 135 cm³/mol. The summed E-state index contributed by atoms with van der Waals surface area (Å²) >= 11 is 25.5. The third-order valence-electron chi connectivity index (χ3n) is 6.11. The Hall–Kier alpha value is -2.82. The number of hydrogen-bond acceptors (Lipinski definition) is 3. The number of nitrogens with zero attached hydrogens (tertiary/aromatic N) is 1. The minimum Gasteiger partial charge on any atom is -0.369 e. The summed E-state index contributed by atoms with van der Waals surface area (Å²) < 4.78 is 13.0. The molecule has 0 aliphatic heterocycles. The third kappa shape index (κ3) is 4.13. The molecule has 0 aromatic heterocycles. The molecule has 0 saturated heterocycles. The van der Waals surface area contributed by atoms with Crippen molar-refractivity contribution in [3.8, 4) is 6.07 Å². The summed E-state index contributed by atoms with van der Waals surface area (Å²) in [5.74, 6) is -3.02. The lowest BCUT2D eigenvalue weighted by molar-refractivity contribution is -0.120. The highest BCUT2D eigenvalue weighted by Crippen LogP contribution is 2.74. The van der Waals surface area contributed by atoms with Gasteiger partial charge in [0.2, 0.25) is 5.91 Å². The average Bonchev–Trinajstić information content (AvgIpc) is 3.31. The van der Waals surface area contributed by atoms with Crippen LogP contribution in [0.5, 0.6) is 0 Å². The quantitative estimate of drug-likeness (QED) is 0.367. The Balaban J connectivity index is 1.75. The SMILES string of the molecule is Cc1cc(C#N)ccc1C(=O)Nc1cc(C2(C(N)=O)C(c3cc(Cl)cc(Cl)c3)C2(Cl)Cl)ccc1F. The van der Waals surface area contributed by atoms with Gasteiger partial charge >= 0.3 is 0 Å². The van der Waals surface area contributed by atoms with Crippen molar-refractivity contribution in [1.82, 2.24) is 0 Å². The minimum absolute atomic E-state index is 0.198. The van der Waals surface area contributed by atoms with Gasteiger partial charge in [0.1, 0.15) is 15.6 Å². The molecule has 0 bridgehead atoms. The number of primary amides is 1. The van der Waals surface area contributed by atoms with Gasteiger partial charge < -0.3 is 11.1 Å². The molecule has 1 fully saturated rings. The second-order valence-corrected chi connectivity index (χ2v) is 10.5. The molecule has 2 unspecified atom stereocenters. The van der Waals surface area contributed by atoms with E-state index in [2.05, 4.69) is 5.32 Å². The minimum atomic E-state index is -1.68. The van der Waals surface area contributed by atoms with E-state index in [1.165, 1.54) is 30.3 Å². The Morgan fingerprint density at radius 3 is 2.29 bits per heavy atom. The number of halogens is 5. The number of nitrogens with two attached hydrogens (primary N) is 1. The van der Waals surface area contributed by atoms with Gasteiger partial charge in [-0.15, -0.1) is 0 Å². The third-order valence-corrected chi connectivity index (χ3v) is 7.58. The van der Waals surface area contributed by atoms with E-state index in [9.17, 15) is 14.0 Å². The highest BCUT2D eigenvalue weighted by molar-refractivity contribution is 6.55. The molecule has 3 aromatic rings. The summed E-state index contributed by atoms with van der Waals surface area (Å²) in [4.78, 5) is 25.6. The fraction of sp³-hybridized carbons (Fsp3) is 0.160. The molecule has 35 heavy (non-hydrogen) atoms. The van der Waals surface area contributed by atoms with Crippen LogP contribution in [-0.2, 0) is 10.2 Å². The molecule has 2 amide bonds. The number of carbonyl (C=O) groups excluding carboxylic acids is 2. The lowest BCUT2D eigenvalue weighted by Crippen LogP contribution is -2.34. The van der Waals surface area contributed by atoms with Crippen LogP contribution >= 0.6 is 46.4 Å². The van der Waals surface area contributed by atoms with Crippen molar-refractivity contribution in [2.24, 2.45) is 5.73 Å². The van der Waals surface area contributed by atoms with Crippen LogP contribution in [0.15, 0.2) is 54.6 Å². The number of nitrogens with one attached hydrogen (secondary N) is 1. The van der Waals surface area contributed by atoms with E-state index < -0.39 is 33.3 Å². The molecule has 2 atom stereocenters. The first-order valence-electron chi connectivity index (χ1n) is 10.2. The topological polar surface area (TPSA) is 96.0 Å². The summed E-state index contributed by atoms with van der Waals surface area (Å²) in [5.41, 5.74) is 5.82. The van der Waals surface area contributed by atoms with Crippen LogP contribution in [0.2, 0.25) is 10.0 Å². The molecule has 1 saturated carbocycles. The molecule has 3 N–H and O–H groups in total. The zero-order valence-corrected chi connectivity index (χ0v) is 21.0. The maximum atomic E-state index is 14.7. The monoisotopic (exact) mass is 549 g/mol. The van der Waals surface area contributed by atoms with Gasteiger partial charge in [0, 0.05) is 21.5 Å². The van der Waals surface area contributed by atoms with Gasteiger partial charge in [0.05, 0.1) is 17.3 Å². The van der Waals surface area contributed by atoms with Gasteiger partial charge in [-0.05, 0) is 72.1 Å². The second-order valence-electron chi connectivity index (χ2n) is 8.22. The van der Waals surface area contributed by atoms with Crippen molar-refractivity contribution in [3.63, 3.8) is 0 Å². The Morgan fingerprint density at radius 2 is 1.71 bits per heavy atom. The van der Waals surface area contributed by atoms with E-state index in [0.29, 0.717) is 26.7 Å². The molecule has 1 aliphatic rings. The first-order chi connectivity index (χ1) is 16.4. The zero-order chi connectivity index (χ0) is 25.7. The molecule has 5 nitrogen and oxygen atoms in total. The Morgan fingerprint density at radius 1 is 1.06 bits per heavy atom. The first-order valence-corrected chi connectivity index (χ1v) is 11.7. The number of anilines is 1. The van der Waals surface area contributed by atoms with Crippen LogP contribution in [0, 0.1) is 24.1 Å². The molecule has 0 heterocycles. The number of carbonyl (C=O) groups is 2. The number of nitriles is 1. The maximum absolute atomic E-state index is 14.7. The summed E-state index contributed by atoms with van der Waals surface area (Å²) in [6.07, 6.45) is 0. The van der Waals surface area contributed by atoms with Crippen molar-refractivity contribution in [2.75, 3.05) is 5.32 Å². The van der Waals surface area contributed by atoms with Crippen LogP contribution in [0.1, 0.15) is 38.5 Å². The molecule has 178 valence electrons. The van der Waals surface area contributed by atoms with Crippen molar-refractivity contribution < 1.29 is 14.0 Å². The first kappa shape index (κ1) is 25.3. The molecule has 3 aromatic carbocycles. The van der Waals surface area contributed by atoms with Gasteiger partial charge in [0.15, 0.2) is 0 Å². The van der Waals surface area contributed by atoms with E-state index in [1.54, 1.807) is 25.1 Å². The number of amides is 2. The number of alkyl halides is 2. The van der Waals surface area contributed by atoms with Gasteiger partial charge in [-0.1, -0.05) is 52.5 Å². The van der Waals surface area contributed by atoms with Gasteiger partial charge in [0.25, 0.3) is 5.91 Å². The lowest BCUT2D eigenvalue weighted by Gasteiger charge is -2.18. The van der Waals surface area contributed by atoms with Crippen LogP contribution in [0.25, 0.3) is 0 Å². The van der Waals surface area contributed by atoms with Crippen molar-refractivity contribution in [3.05, 3.63) is 98.3 Å². The number of aryl methyl sites for hydroxylation is 1.